The summed E-state index contributed by atoms with van der Waals surface area (Å²) in [6.07, 6.45) is 0. The van der Waals surface area contributed by atoms with Gasteiger partial charge in [-0.2, -0.15) is 0 Å². The summed E-state index contributed by atoms with van der Waals surface area (Å²) in [6, 6.07) is 6.96. The molecule has 17 heavy (non-hydrogen) atoms. The number of ether oxygens (including phenoxy) is 1. The van der Waals surface area contributed by atoms with Gasteiger partial charge in [-0.15, -0.1) is 0 Å². The maximum absolute atomic E-state index is 11.2. The maximum atomic E-state index is 11.2. The first-order valence-electron chi connectivity index (χ1n) is 5.56. The molecular formula is C12H16N2O3. The third-order valence-electron chi connectivity index (χ3n) is 2.93. The molecule has 0 aliphatic carbocycles. The number of piperazine rings is 1. The molecule has 5 nitrogen and oxygen atoms in total. The molecule has 1 aliphatic heterocycles. The number of carbonyl (C=O) groups is 1. The first-order chi connectivity index (χ1) is 8.22. The Morgan fingerprint density at radius 2 is 2.18 bits per heavy atom. The molecule has 2 rings (SSSR count). The van der Waals surface area contributed by atoms with Crippen molar-refractivity contribution >= 4 is 11.7 Å². The van der Waals surface area contributed by atoms with Crippen molar-refractivity contribution in [2.45, 2.75) is 6.04 Å². The van der Waals surface area contributed by atoms with Crippen molar-refractivity contribution in [3.63, 3.8) is 0 Å². The topological polar surface area (TPSA) is 61.8 Å². The molecule has 0 saturated carbocycles. The second kappa shape index (κ2) is 5.05. The van der Waals surface area contributed by atoms with E-state index in [0.29, 0.717) is 13.1 Å². The Bertz CT molecular complexity index is 391. The van der Waals surface area contributed by atoms with Crippen LogP contribution in [-0.4, -0.2) is 43.9 Å². The van der Waals surface area contributed by atoms with Gasteiger partial charge in [0.15, 0.2) is 0 Å². The zero-order valence-corrected chi connectivity index (χ0v) is 9.72. The Morgan fingerprint density at radius 3 is 2.76 bits per heavy atom. The van der Waals surface area contributed by atoms with Crippen molar-refractivity contribution in [3.8, 4) is 5.75 Å². The number of hydrogen-bond donors (Lipinski definition) is 2. The number of methoxy groups -OCH3 is 1. The highest BCUT2D eigenvalue weighted by molar-refractivity contribution is 5.79. The van der Waals surface area contributed by atoms with Gasteiger partial charge in [0.25, 0.3) is 0 Å². The van der Waals surface area contributed by atoms with Crippen LogP contribution in [0, 0.1) is 0 Å². The van der Waals surface area contributed by atoms with Gasteiger partial charge in [0.05, 0.1) is 7.11 Å². The van der Waals surface area contributed by atoms with Gasteiger partial charge in [0.1, 0.15) is 11.8 Å². The number of nitrogens with one attached hydrogen (secondary N) is 1. The van der Waals surface area contributed by atoms with Crippen LogP contribution in [-0.2, 0) is 4.79 Å². The average Bonchev–Trinajstić information content (AvgIpc) is 2.39. The summed E-state index contributed by atoms with van der Waals surface area (Å²) in [5, 5.41) is 12.3. The number of carboxylic acids is 1. The maximum Gasteiger partial charge on any atom is 0.327 e. The molecule has 1 aromatic carbocycles. The van der Waals surface area contributed by atoms with Gasteiger partial charge in [-0.05, 0) is 24.3 Å². The minimum absolute atomic E-state index is 0.474. The second-order valence-corrected chi connectivity index (χ2v) is 3.95. The molecule has 1 atom stereocenters. The van der Waals surface area contributed by atoms with Crippen molar-refractivity contribution in [3.05, 3.63) is 24.3 Å². The lowest BCUT2D eigenvalue weighted by molar-refractivity contribution is -0.138. The van der Waals surface area contributed by atoms with Gasteiger partial charge in [0.2, 0.25) is 0 Å². The molecule has 1 fully saturated rings. The van der Waals surface area contributed by atoms with E-state index in [2.05, 4.69) is 5.32 Å². The third-order valence-corrected chi connectivity index (χ3v) is 2.93. The minimum Gasteiger partial charge on any atom is -0.497 e. The van der Waals surface area contributed by atoms with Crippen LogP contribution in [0.4, 0.5) is 5.69 Å². The molecule has 1 aliphatic rings. The van der Waals surface area contributed by atoms with Gasteiger partial charge in [-0.25, -0.2) is 4.79 Å². The van der Waals surface area contributed by atoms with E-state index in [1.165, 1.54) is 0 Å². The Kier molecular flexibility index (Phi) is 3.49. The SMILES string of the molecule is COc1ccc(N2CCNCC2C(=O)O)cc1. The normalized spacial score (nSPS) is 20.1. The first-order valence-corrected chi connectivity index (χ1v) is 5.56. The number of rotatable bonds is 3. The van der Waals surface area contributed by atoms with Gasteiger partial charge in [-0.3, -0.25) is 0 Å². The molecule has 0 bridgehead atoms. The fraction of sp³-hybridized carbons (Fsp3) is 0.417. The van der Waals surface area contributed by atoms with E-state index in [-0.39, 0.29) is 0 Å². The van der Waals surface area contributed by atoms with Crippen LogP contribution < -0.4 is 15.0 Å². The number of benzene rings is 1. The summed E-state index contributed by atoms with van der Waals surface area (Å²) in [5.41, 5.74) is 0.916. The van der Waals surface area contributed by atoms with Crippen LogP contribution in [0.5, 0.6) is 5.75 Å². The second-order valence-electron chi connectivity index (χ2n) is 3.95. The molecular weight excluding hydrogens is 220 g/mol. The van der Waals surface area contributed by atoms with Crippen LogP contribution >= 0.6 is 0 Å². The fourth-order valence-corrected chi connectivity index (χ4v) is 2.01. The van der Waals surface area contributed by atoms with Crippen molar-refractivity contribution in [1.29, 1.82) is 0 Å². The lowest BCUT2D eigenvalue weighted by Gasteiger charge is -2.35. The van der Waals surface area contributed by atoms with Crippen molar-refractivity contribution < 1.29 is 14.6 Å². The molecule has 1 heterocycles. The van der Waals surface area contributed by atoms with E-state index >= 15 is 0 Å². The van der Waals surface area contributed by atoms with E-state index in [1.54, 1.807) is 7.11 Å². The van der Waals surface area contributed by atoms with E-state index in [0.717, 1.165) is 18.0 Å². The average molecular weight is 236 g/mol. The summed E-state index contributed by atoms with van der Waals surface area (Å²) in [6.45, 7) is 1.97. The van der Waals surface area contributed by atoms with Gasteiger partial charge < -0.3 is 20.1 Å². The Balaban J connectivity index is 2.20. The smallest absolute Gasteiger partial charge is 0.327 e. The Morgan fingerprint density at radius 1 is 1.47 bits per heavy atom. The number of carboxylic acid groups (broad SMARTS) is 1. The third kappa shape index (κ3) is 2.50. The van der Waals surface area contributed by atoms with Crippen LogP contribution in [0.3, 0.4) is 0 Å². The molecule has 2 N–H and O–H groups in total. The van der Waals surface area contributed by atoms with E-state index in [1.807, 2.05) is 29.2 Å². The Hall–Kier alpha value is -1.75. The highest BCUT2D eigenvalue weighted by atomic mass is 16.5. The predicted molar refractivity (Wildman–Crippen MR) is 64.6 cm³/mol. The molecule has 1 aromatic rings. The fourth-order valence-electron chi connectivity index (χ4n) is 2.01. The summed E-state index contributed by atoms with van der Waals surface area (Å²) in [4.78, 5) is 13.1. The van der Waals surface area contributed by atoms with Crippen LogP contribution in [0.25, 0.3) is 0 Å². The van der Waals surface area contributed by atoms with Crippen molar-refractivity contribution in [2.75, 3.05) is 31.6 Å². The van der Waals surface area contributed by atoms with Gasteiger partial charge in [-0.1, -0.05) is 0 Å². The Labute approximate surface area is 100.0 Å². The minimum atomic E-state index is -0.798. The standard InChI is InChI=1S/C12H16N2O3/c1-17-10-4-2-9(3-5-10)14-7-6-13-8-11(14)12(15)16/h2-5,11,13H,6-8H2,1H3,(H,15,16). The van der Waals surface area contributed by atoms with Crippen LogP contribution in [0.15, 0.2) is 24.3 Å². The quantitative estimate of drug-likeness (QED) is 0.803. The number of aliphatic carboxylic acids is 1. The van der Waals surface area contributed by atoms with E-state index in [9.17, 15) is 4.79 Å². The monoisotopic (exact) mass is 236 g/mol. The van der Waals surface area contributed by atoms with E-state index in [4.69, 9.17) is 9.84 Å². The molecule has 0 amide bonds. The number of nitrogens with zero attached hydrogens (tertiary/aromatic N) is 1. The summed E-state index contributed by atoms with van der Waals surface area (Å²) >= 11 is 0. The zero-order chi connectivity index (χ0) is 12.3. The molecule has 92 valence electrons. The molecule has 5 heteroatoms. The van der Waals surface area contributed by atoms with Crippen molar-refractivity contribution in [2.24, 2.45) is 0 Å². The van der Waals surface area contributed by atoms with Gasteiger partial charge in [0, 0.05) is 25.3 Å². The summed E-state index contributed by atoms with van der Waals surface area (Å²) in [7, 11) is 1.61. The molecule has 1 unspecified atom stereocenters. The lowest BCUT2D eigenvalue weighted by Crippen LogP contribution is -2.55. The highest BCUT2D eigenvalue weighted by Gasteiger charge is 2.28. The van der Waals surface area contributed by atoms with Gasteiger partial charge >= 0.3 is 5.97 Å². The number of hydrogen-bond acceptors (Lipinski definition) is 4. The molecule has 0 radical (unpaired) electrons. The number of anilines is 1. The first kappa shape index (κ1) is 11.7. The van der Waals surface area contributed by atoms with Crippen LogP contribution in [0.1, 0.15) is 0 Å². The molecule has 0 aromatic heterocycles. The molecule has 0 spiro atoms. The van der Waals surface area contributed by atoms with Crippen LogP contribution in [0.2, 0.25) is 0 Å². The lowest BCUT2D eigenvalue weighted by atomic mass is 10.1. The van der Waals surface area contributed by atoms with E-state index < -0.39 is 12.0 Å². The predicted octanol–water partition coefficient (Wildman–Crippen LogP) is 0.558. The largest absolute Gasteiger partial charge is 0.497 e. The summed E-state index contributed by atoms with van der Waals surface area (Å²) in [5.74, 6) is -0.0243. The molecule has 1 saturated heterocycles. The van der Waals surface area contributed by atoms with Crippen molar-refractivity contribution in [1.82, 2.24) is 5.32 Å². The zero-order valence-electron chi connectivity index (χ0n) is 9.72. The summed E-state index contributed by atoms with van der Waals surface area (Å²) < 4.78 is 5.08. The highest BCUT2D eigenvalue weighted by Crippen LogP contribution is 2.21.